The van der Waals surface area contributed by atoms with Crippen molar-refractivity contribution in [1.29, 1.82) is 0 Å². The van der Waals surface area contributed by atoms with Crippen LogP contribution in [0.2, 0.25) is 0 Å². The molecule has 1 aliphatic rings. The molecule has 84 valence electrons. The van der Waals surface area contributed by atoms with Crippen molar-refractivity contribution in [2.24, 2.45) is 5.73 Å². The first kappa shape index (κ1) is 11.9. The summed E-state index contributed by atoms with van der Waals surface area (Å²) in [6.45, 7) is 2.22. The van der Waals surface area contributed by atoms with Gasteiger partial charge in [0.15, 0.2) is 0 Å². The lowest BCUT2D eigenvalue weighted by atomic mass is 9.84. The van der Waals surface area contributed by atoms with E-state index < -0.39 is 15.6 Å². The highest BCUT2D eigenvalue weighted by atomic mass is 32.2. The summed E-state index contributed by atoms with van der Waals surface area (Å²) in [6, 6.07) is 0. The molecule has 5 heteroatoms. The Bertz CT molecular complexity index is 269. The first-order chi connectivity index (χ1) is 6.47. The SMILES string of the molecule is CCNS(=O)(=O)CC1(N)CCCCC1. The molecule has 0 aromatic rings. The summed E-state index contributed by atoms with van der Waals surface area (Å²) in [6.07, 6.45) is 4.95. The minimum atomic E-state index is -3.16. The fourth-order valence-corrected chi connectivity index (χ4v) is 3.64. The smallest absolute Gasteiger partial charge is 0.213 e. The van der Waals surface area contributed by atoms with Gasteiger partial charge in [0.1, 0.15) is 0 Å². The Hall–Kier alpha value is -0.130. The Balaban J connectivity index is 2.57. The Labute approximate surface area is 86.3 Å². The van der Waals surface area contributed by atoms with Crippen LogP contribution in [0.5, 0.6) is 0 Å². The fourth-order valence-electron chi connectivity index (χ4n) is 2.05. The van der Waals surface area contributed by atoms with Gasteiger partial charge in [-0.15, -0.1) is 0 Å². The molecular weight excluding hydrogens is 200 g/mol. The Morgan fingerprint density at radius 3 is 2.36 bits per heavy atom. The van der Waals surface area contributed by atoms with Crippen LogP contribution < -0.4 is 10.5 Å². The third-order valence-corrected chi connectivity index (χ3v) is 4.37. The van der Waals surface area contributed by atoms with Crippen molar-refractivity contribution in [2.75, 3.05) is 12.3 Å². The van der Waals surface area contributed by atoms with E-state index >= 15 is 0 Å². The average Bonchev–Trinajstić information content (AvgIpc) is 2.02. The van der Waals surface area contributed by atoms with Gasteiger partial charge in [-0.1, -0.05) is 26.2 Å². The minimum absolute atomic E-state index is 0.0772. The molecule has 3 N–H and O–H groups in total. The summed E-state index contributed by atoms with van der Waals surface area (Å²) < 4.78 is 25.5. The normalized spacial score (nSPS) is 22.1. The standard InChI is InChI=1S/C9H20N2O2S/c1-2-11-14(12,13)8-9(10)6-4-3-5-7-9/h11H,2-8,10H2,1H3. The van der Waals surface area contributed by atoms with Gasteiger partial charge in [-0.05, 0) is 12.8 Å². The summed E-state index contributed by atoms with van der Waals surface area (Å²) in [4.78, 5) is 0. The summed E-state index contributed by atoms with van der Waals surface area (Å²) in [5.41, 5.74) is 5.57. The Morgan fingerprint density at radius 1 is 1.29 bits per heavy atom. The van der Waals surface area contributed by atoms with Crippen molar-refractivity contribution in [3.63, 3.8) is 0 Å². The summed E-state index contributed by atoms with van der Waals surface area (Å²) >= 11 is 0. The second-order valence-electron chi connectivity index (χ2n) is 4.18. The van der Waals surface area contributed by atoms with E-state index in [1.165, 1.54) is 6.42 Å². The third-order valence-electron chi connectivity index (χ3n) is 2.69. The van der Waals surface area contributed by atoms with Crippen molar-refractivity contribution >= 4 is 10.0 Å². The van der Waals surface area contributed by atoms with Crippen LogP contribution in [0.15, 0.2) is 0 Å². The molecule has 0 radical (unpaired) electrons. The van der Waals surface area contributed by atoms with E-state index in [9.17, 15) is 8.42 Å². The average molecular weight is 220 g/mol. The molecule has 0 saturated heterocycles. The molecule has 0 aromatic carbocycles. The maximum Gasteiger partial charge on any atom is 0.213 e. The highest BCUT2D eigenvalue weighted by Crippen LogP contribution is 2.26. The van der Waals surface area contributed by atoms with Crippen molar-refractivity contribution < 1.29 is 8.42 Å². The number of rotatable bonds is 4. The topological polar surface area (TPSA) is 72.2 Å². The van der Waals surface area contributed by atoms with E-state index in [4.69, 9.17) is 5.73 Å². The molecule has 1 rings (SSSR count). The van der Waals surface area contributed by atoms with Crippen LogP contribution >= 0.6 is 0 Å². The molecule has 0 aliphatic heterocycles. The second kappa shape index (κ2) is 4.59. The molecular formula is C9H20N2O2S. The van der Waals surface area contributed by atoms with Gasteiger partial charge in [0.05, 0.1) is 5.75 Å². The van der Waals surface area contributed by atoms with E-state index in [0.29, 0.717) is 6.54 Å². The summed E-state index contributed by atoms with van der Waals surface area (Å²) in [5.74, 6) is 0.0772. The fraction of sp³-hybridized carbons (Fsp3) is 1.00. The molecule has 1 aliphatic carbocycles. The van der Waals surface area contributed by atoms with Gasteiger partial charge in [-0.3, -0.25) is 0 Å². The number of hydrogen-bond donors (Lipinski definition) is 2. The molecule has 0 amide bonds. The number of nitrogens with one attached hydrogen (secondary N) is 1. The molecule has 14 heavy (non-hydrogen) atoms. The van der Waals surface area contributed by atoms with E-state index in [-0.39, 0.29) is 5.75 Å². The zero-order chi connectivity index (χ0) is 10.7. The van der Waals surface area contributed by atoms with E-state index in [2.05, 4.69) is 4.72 Å². The van der Waals surface area contributed by atoms with Crippen LogP contribution in [0, 0.1) is 0 Å². The molecule has 0 bridgehead atoms. The van der Waals surface area contributed by atoms with Gasteiger partial charge in [0, 0.05) is 12.1 Å². The van der Waals surface area contributed by atoms with Crippen LogP contribution in [0.3, 0.4) is 0 Å². The van der Waals surface area contributed by atoms with Crippen molar-refractivity contribution in [3.8, 4) is 0 Å². The van der Waals surface area contributed by atoms with Crippen LogP contribution in [0.1, 0.15) is 39.0 Å². The van der Waals surface area contributed by atoms with Gasteiger partial charge in [-0.25, -0.2) is 13.1 Å². The lowest BCUT2D eigenvalue weighted by Crippen LogP contribution is -2.50. The largest absolute Gasteiger partial charge is 0.324 e. The first-order valence-corrected chi connectivity index (χ1v) is 6.89. The summed E-state index contributed by atoms with van der Waals surface area (Å²) in [5, 5.41) is 0. The second-order valence-corrected chi connectivity index (χ2v) is 5.99. The van der Waals surface area contributed by atoms with Crippen molar-refractivity contribution in [1.82, 2.24) is 4.72 Å². The number of sulfonamides is 1. The van der Waals surface area contributed by atoms with Crippen LogP contribution in [-0.4, -0.2) is 26.3 Å². The number of hydrogen-bond acceptors (Lipinski definition) is 3. The third kappa shape index (κ3) is 3.55. The Kier molecular flexibility index (Phi) is 3.92. The first-order valence-electron chi connectivity index (χ1n) is 5.24. The predicted octanol–water partition coefficient (Wildman–Crippen LogP) is 0.587. The maximum absolute atomic E-state index is 11.5. The molecule has 1 fully saturated rings. The zero-order valence-corrected chi connectivity index (χ0v) is 9.57. The molecule has 0 spiro atoms. The van der Waals surface area contributed by atoms with Crippen molar-refractivity contribution in [2.45, 2.75) is 44.6 Å². The van der Waals surface area contributed by atoms with E-state index in [1.807, 2.05) is 0 Å². The van der Waals surface area contributed by atoms with E-state index in [0.717, 1.165) is 25.7 Å². The van der Waals surface area contributed by atoms with Crippen molar-refractivity contribution in [3.05, 3.63) is 0 Å². The van der Waals surface area contributed by atoms with Gasteiger partial charge < -0.3 is 5.73 Å². The van der Waals surface area contributed by atoms with E-state index in [1.54, 1.807) is 6.92 Å². The molecule has 0 atom stereocenters. The molecule has 0 unspecified atom stereocenters. The molecule has 0 heterocycles. The van der Waals surface area contributed by atoms with Gasteiger partial charge in [0.2, 0.25) is 10.0 Å². The molecule has 4 nitrogen and oxygen atoms in total. The molecule has 0 aromatic heterocycles. The van der Waals surface area contributed by atoms with Gasteiger partial charge >= 0.3 is 0 Å². The van der Waals surface area contributed by atoms with Crippen LogP contribution in [0.4, 0.5) is 0 Å². The number of nitrogens with two attached hydrogens (primary N) is 1. The van der Waals surface area contributed by atoms with Gasteiger partial charge in [-0.2, -0.15) is 0 Å². The maximum atomic E-state index is 11.5. The zero-order valence-electron chi connectivity index (χ0n) is 8.75. The van der Waals surface area contributed by atoms with Crippen LogP contribution in [0.25, 0.3) is 0 Å². The minimum Gasteiger partial charge on any atom is -0.324 e. The lowest BCUT2D eigenvalue weighted by Gasteiger charge is -2.32. The highest BCUT2D eigenvalue weighted by Gasteiger charge is 2.32. The lowest BCUT2D eigenvalue weighted by molar-refractivity contribution is 0.323. The monoisotopic (exact) mass is 220 g/mol. The van der Waals surface area contributed by atoms with Crippen LogP contribution in [-0.2, 0) is 10.0 Å². The predicted molar refractivity (Wildman–Crippen MR) is 57.5 cm³/mol. The van der Waals surface area contributed by atoms with Gasteiger partial charge in [0.25, 0.3) is 0 Å². The quantitative estimate of drug-likeness (QED) is 0.728. The summed E-state index contributed by atoms with van der Waals surface area (Å²) in [7, 11) is -3.16. The Morgan fingerprint density at radius 2 is 1.86 bits per heavy atom. The molecule has 1 saturated carbocycles. The highest BCUT2D eigenvalue weighted by molar-refractivity contribution is 7.89.